The molecule has 0 saturated carbocycles. The quantitative estimate of drug-likeness (QED) is 0.684. The number of anilines is 2. The summed E-state index contributed by atoms with van der Waals surface area (Å²) in [7, 11) is 0. The van der Waals surface area contributed by atoms with Crippen molar-refractivity contribution < 1.29 is 14.1 Å². The second-order valence-electron chi connectivity index (χ2n) is 4.27. The minimum Gasteiger partial charge on any atom is -0.397 e. The zero-order chi connectivity index (χ0) is 15.6. The van der Waals surface area contributed by atoms with E-state index in [1.54, 1.807) is 13.8 Å². The van der Waals surface area contributed by atoms with Gasteiger partial charge in [-0.15, -0.1) is 11.3 Å². The summed E-state index contributed by atoms with van der Waals surface area (Å²) >= 11 is 1.10. The van der Waals surface area contributed by atoms with Crippen molar-refractivity contribution in [1.82, 2.24) is 10.1 Å². The van der Waals surface area contributed by atoms with E-state index in [-0.39, 0.29) is 23.6 Å². The molecule has 0 unspecified atom stereocenters. The Balaban J connectivity index is 2.29. The highest BCUT2D eigenvalue weighted by atomic mass is 32.1. The maximum Gasteiger partial charge on any atom is 0.253 e. The van der Waals surface area contributed by atoms with Gasteiger partial charge in [0.1, 0.15) is 5.00 Å². The van der Waals surface area contributed by atoms with Crippen LogP contribution < -0.4 is 16.8 Å². The predicted molar refractivity (Wildman–Crippen MR) is 78.2 cm³/mol. The first-order valence-electron chi connectivity index (χ1n) is 6.22. The fraction of sp³-hybridized carbons (Fsp3) is 0.333. The van der Waals surface area contributed by atoms with Gasteiger partial charge >= 0.3 is 0 Å². The van der Waals surface area contributed by atoms with E-state index in [0.717, 1.165) is 11.3 Å². The summed E-state index contributed by atoms with van der Waals surface area (Å²) in [4.78, 5) is 27.7. The van der Waals surface area contributed by atoms with Gasteiger partial charge in [-0.3, -0.25) is 9.59 Å². The fourth-order valence-electron chi connectivity index (χ4n) is 1.75. The maximum atomic E-state index is 11.8. The molecule has 21 heavy (non-hydrogen) atoms. The molecule has 2 rings (SSSR count). The van der Waals surface area contributed by atoms with Crippen LogP contribution in [0.2, 0.25) is 0 Å². The number of nitrogens with zero attached hydrogens (tertiary/aromatic N) is 2. The number of nitrogens with one attached hydrogen (secondary N) is 1. The van der Waals surface area contributed by atoms with E-state index in [1.165, 1.54) is 0 Å². The fourth-order valence-corrected chi connectivity index (χ4v) is 2.88. The van der Waals surface area contributed by atoms with Crippen LogP contribution in [0, 0.1) is 6.92 Å². The lowest BCUT2D eigenvalue weighted by molar-refractivity contribution is 0.0991. The van der Waals surface area contributed by atoms with Crippen molar-refractivity contribution in [3.63, 3.8) is 0 Å². The molecular weight excluding hydrogens is 294 g/mol. The Morgan fingerprint density at radius 2 is 2.14 bits per heavy atom. The molecule has 0 aliphatic carbocycles. The van der Waals surface area contributed by atoms with E-state index in [9.17, 15) is 9.59 Å². The Morgan fingerprint density at radius 1 is 1.43 bits per heavy atom. The van der Waals surface area contributed by atoms with E-state index in [1.807, 2.05) is 0 Å². The zero-order valence-corrected chi connectivity index (χ0v) is 12.4. The highest BCUT2D eigenvalue weighted by Gasteiger charge is 2.23. The molecule has 9 heteroatoms. The van der Waals surface area contributed by atoms with Crippen molar-refractivity contribution in [1.29, 1.82) is 0 Å². The van der Waals surface area contributed by atoms with Crippen LogP contribution in [-0.4, -0.2) is 21.8 Å². The minimum absolute atomic E-state index is 0.117. The summed E-state index contributed by atoms with van der Waals surface area (Å²) in [5.74, 6) is 0.0434. The molecule has 0 atom stereocenters. The number of nitrogen functional groups attached to an aromatic ring is 1. The molecular formula is C12H15N5O3S. The molecule has 2 heterocycles. The van der Waals surface area contributed by atoms with Crippen molar-refractivity contribution in [3.8, 4) is 0 Å². The van der Waals surface area contributed by atoms with Gasteiger partial charge in [0.2, 0.25) is 5.89 Å². The van der Waals surface area contributed by atoms with Gasteiger partial charge in [0.25, 0.3) is 5.91 Å². The first-order valence-corrected chi connectivity index (χ1v) is 7.04. The third-order valence-corrected chi connectivity index (χ3v) is 3.95. The maximum absolute atomic E-state index is 11.8. The molecule has 0 radical (unpaired) electrons. The number of primary amides is 1. The van der Waals surface area contributed by atoms with E-state index in [0.29, 0.717) is 28.0 Å². The lowest BCUT2D eigenvalue weighted by Gasteiger charge is -2.02. The number of aryl methyl sites for hydroxylation is 1. The lowest BCUT2D eigenvalue weighted by Crippen LogP contribution is -2.15. The van der Waals surface area contributed by atoms with Crippen molar-refractivity contribution in [2.24, 2.45) is 5.73 Å². The van der Waals surface area contributed by atoms with E-state index in [4.69, 9.17) is 16.0 Å². The van der Waals surface area contributed by atoms with Gasteiger partial charge in [-0.2, -0.15) is 4.98 Å². The molecule has 2 aromatic rings. The van der Waals surface area contributed by atoms with Gasteiger partial charge in [0, 0.05) is 13.3 Å². The highest BCUT2D eigenvalue weighted by molar-refractivity contribution is 7.19. The monoisotopic (exact) mass is 309 g/mol. The molecule has 112 valence electrons. The van der Waals surface area contributed by atoms with Crippen LogP contribution in [0.3, 0.4) is 0 Å². The van der Waals surface area contributed by atoms with Gasteiger partial charge in [0.05, 0.1) is 22.7 Å². The molecule has 0 fully saturated rings. The Bertz CT molecular complexity index is 691. The smallest absolute Gasteiger partial charge is 0.253 e. The lowest BCUT2D eigenvalue weighted by atomic mass is 10.1. The van der Waals surface area contributed by atoms with Crippen molar-refractivity contribution in [3.05, 3.63) is 22.2 Å². The number of nitrogens with two attached hydrogens (primary N) is 2. The van der Waals surface area contributed by atoms with Crippen LogP contribution in [0.1, 0.15) is 45.1 Å². The SMILES string of the molecule is CCC(=O)c1sc(NCc2noc(C)n2)c(C(N)=O)c1N. The van der Waals surface area contributed by atoms with Crippen molar-refractivity contribution in [2.75, 3.05) is 11.1 Å². The largest absolute Gasteiger partial charge is 0.397 e. The van der Waals surface area contributed by atoms with Gasteiger partial charge < -0.3 is 21.3 Å². The molecule has 0 aliphatic rings. The minimum atomic E-state index is -0.689. The number of hydrogen-bond acceptors (Lipinski definition) is 8. The van der Waals surface area contributed by atoms with Gasteiger partial charge in [-0.05, 0) is 0 Å². The average Bonchev–Trinajstić information content (AvgIpc) is 2.99. The molecule has 1 amide bonds. The van der Waals surface area contributed by atoms with E-state index < -0.39 is 5.91 Å². The summed E-state index contributed by atoms with van der Waals surface area (Å²) < 4.78 is 4.85. The Kier molecular flexibility index (Phi) is 4.22. The summed E-state index contributed by atoms with van der Waals surface area (Å²) in [6.07, 6.45) is 0.298. The normalized spacial score (nSPS) is 10.6. The van der Waals surface area contributed by atoms with E-state index in [2.05, 4.69) is 15.5 Å². The second-order valence-corrected chi connectivity index (χ2v) is 5.29. The first kappa shape index (κ1) is 15.0. The van der Waals surface area contributed by atoms with Gasteiger partial charge in [-0.1, -0.05) is 12.1 Å². The Hall–Kier alpha value is -2.42. The summed E-state index contributed by atoms with van der Waals surface area (Å²) in [6, 6.07) is 0. The Morgan fingerprint density at radius 3 is 2.67 bits per heavy atom. The van der Waals surface area contributed by atoms with Crippen LogP contribution in [0.5, 0.6) is 0 Å². The van der Waals surface area contributed by atoms with Crippen LogP contribution in [0.4, 0.5) is 10.7 Å². The zero-order valence-electron chi connectivity index (χ0n) is 11.6. The molecule has 8 nitrogen and oxygen atoms in total. The average molecular weight is 309 g/mol. The Labute approximate surface area is 124 Å². The molecule has 0 aromatic carbocycles. The number of carbonyl (C=O) groups excluding carboxylic acids is 2. The number of rotatable bonds is 6. The standard InChI is InChI=1S/C12H15N5O3S/c1-3-6(18)10-9(13)8(11(14)19)12(21-10)15-4-7-16-5(2)20-17-7/h15H,3-4,13H2,1-2H3,(H2,14,19). The van der Waals surface area contributed by atoms with Gasteiger partial charge in [-0.25, -0.2) is 0 Å². The van der Waals surface area contributed by atoms with Crippen molar-refractivity contribution in [2.45, 2.75) is 26.8 Å². The number of Topliss-reactive ketones (excluding diaryl/α,β-unsaturated/α-hetero) is 1. The summed E-state index contributed by atoms with van der Waals surface area (Å²) in [5.41, 5.74) is 11.4. The van der Waals surface area contributed by atoms with Crippen molar-refractivity contribution >= 4 is 33.7 Å². The molecule has 0 spiro atoms. The highest BCUT2D eigenvalue weighted by Crippen LogP contribution is 2.36. The summed E-state index contributed by atoms with van der Waals surface area (Å²) in [5, 5.41) is 7.12. The van der Waals surface area contributed by atoms with Crippen LogP contribution in [0.25, 0.3) is 0 Å². The number of carbonyl (C=O) groups is 2. The number of ketones is 1. The first-order chi connectivity index (χ1) is 9.93. The van der Waals surface area contributed by atoms with E-state index >= 15 is 0 Å². The number of thiophene rings is 1. The number of hydrogen-bond donors (Lipinski definition) is 3. The molecule has 0 bridgehead atoms. The third kappa shape index (κ3) is 3.02. The molecule has 2 aromatic heterocycles. The second kappa shape index (κ2) is 5.92. The molecule has 0 saturated heterocycles. The van der Waals surface area contributed by atoms with Crippen LogP contribution >= 0.6 is 11.3 Å². The molecule has 0 aliphatic heterocycles. The topological polar surface area (TPSA) is 137 Å². The number of amides is 1. The predicted octanol–water partition coefficient (Wildman–Crippen LogP) is 1.33. The number of aromatic nitrogens is 2. The third-order valence-electron chi connectivity index (χ3n) is 2.74. The van der Waals surface area contributed by atoms with Crippen LogP contribution in [-0.2, 0) is 6.54 Å². The van der Waals surface area contributed by atoms with Crippen LogP contribution in [0.15, 0.2) is 4.52 Å². The van der Waals surface area contributed by atoms with Gasteiger partial charge in [0.15, 0.2) is 11.6 Å². The molecule has 5 N–H and O–H groups in total. The summed E-state index contributed by atoms with van der Waals surface area (Å²) in [6.45, 7) is 3.63.